The molecule has 0 saturated heterocycles. The molecule has 7 heteroatoms. The van der Waals surface area contributed by atoms with Crippen molar-refractivity contribution in [2.24, 2.45) is 5.73 Å². The average Bonchev–Trinajstić information content (AvgIpc) is 2.74. The van der Waals surface area contributed by atoms with Crippen LogP contribution in [0, 0.1) is 6.92 Å². The summed E-state index contributed by atoms with van der Waals surface area (Å²) in [5.74, 6) is 0.922. The van der Waals surface area contributed by atoms with Gasteiger partial charge in [0.05, 0.1) is 11.9 Å². The number of hydrogen-bond donors (Lipinski definition) is 2. The van der Waals surface area contributed by atoms with Crippen LogP contribution in [0.2, 0.25) is 0 Å². The topological polar surface area (TPSA) is 84.1 Å². The first-order chi connectivity index (χ1) is 9.42. The number of nitrogens with zero attached hydrogens (tertiary/aromatic N) is 3. The minimum Gasteiger partial charge on any atom is -0.368 e. The third-order valence-corrected chi connectivity index (χ3v) is 3.89. The monoisotopic (exact) mass is 293 g/mol. The van der Waals surface area contributed by atoms with Gasteiger partial charge in [0.15, 0.2) is 0 Å². The molecule has 20 heavy (non-hydrogen) atoms. The van der Waals surface area contributed by atoms with E-state index in [1.807, 2.05) is 31.7 Å². The Morgan fingerprint density at radius 3 is 2.75 bits per heavy atom. The van der Waals surface area contributed by atoms with Crippen molar-refractivity contribution in [2.75, 3.05) is 23.8 Å². The molecule has 0 saturated carbocycles. The lowest BCUT2D eigenvalue weighted by Crippen LogP contribution is -2.39. The molecule has 0 unspecified atom stereocenters. The smallest absolute Gasteiger partial charge is 0.237 e. The standard InChI is InChI=1S/C13H19N5OS/c1-7(2)18(6-10(14)19)11-9-5-8(3)20-12(9)17-13(15-4)16-11/h5,7H,6H2,1-4H3,(H2,14,19)(H,15,16,17). The molecule has 0 bridgehead atoms. The van der Waals surface area contributed by atoms with Gasteiger partial charge in [-0.05, 0) is 26.8 Å². The van der Waals surface area contributed by atoms with Crippen LogP contribution >= 0.6 is 11.3 Å². The molecule has 0 aliphatic heterocycles. The van der Waals surface area contributed by atoms with Crippen molar-refractivity contribution in [3.05, 3.63) is 10.9 Å². The highest BCUT2D eigenvalue weighted by Crippen LogP contribution is 2.32. The highest BCUT2D eigenvalue weighted by atomic mass is 32.1. The molecule has 0 aromatic carbocycles. The van der Waals surface area contributed by atoms with Gasteiger partial charge in [0.1, 0.15) is 10.6 Å². The summed E-state index contributed by atoms with van der Waals surface area (Å²) in [5.41, 5.74) is 5.35. The Morgan fingerprint density at radius 2 is 2.20 bits per heavy atom. The first kappa shape index (κ1) is 14.5. The molecule has 0 fully saturated rings. The SMILES string of the molecule is CNc1nc(N(CC(N)=O)C(C)C)c2cc(C)sc2n1. The van der Waals surface area contributed by atoms with Gasteiger partial charge >= 0.3 is 0 Å². The van der Waals surface area contributed by atoms with Gasteiger partial charge in [0.2, 0.25) is 11.9 Å². The molecule has 2 aromatic rings. The van der Waals surface area contributed by atoms with Crippen LogP contribution in [0.1, 0.15) is 18.7 Å². The number of nitrogens with two attached hydrogens (primary N) is 1. The molecule has 2 rings (SSSR count). The summed E-state index contributed by atoms with van der Waals surface area (Å²) >= 11 is 1.61. The molecule has 0 radical (unpaired) electrons. The van der Waals surface area contributed by atoms with Gasteiger partial charge in [0, 0.05) is 18.0 Å². The van der Waals surface area contributed by atoms with E-state index in [9.17, 15) is 4.79 Å². The second-order valence-electron chi connectivity index (χ2n) is 4.88. The zero-order valence-corrected chi connectivity index (χ0v) is 12.9. The molecule has 0 spiro atoms. The minimum atomic E-state index is -0.372. The zero-order valence-electron chi connectivity index (χ0n) is 12.1. The Hall–Kier alpha value is -1.89. The number of hydrogen-bond acceptors (Lipinski definition) is 6. The number of aryl methyl sites for hydroxylation is 1. The van der Waals surface area contributed by atoms with E-state index in [4.69, 9.17) is 5.73 Å². The maximum atomic E-state index is 11.3. The molecule has 108 valence electrons. The number of carbonyl (C=O) groups is 1. The van der Waals surface area contributed by atoms with E-state index >= 15 is 0 Å². The number of fused-ring (bicyclic) bond motifs is 1. The van der Waals surface area contributed by atoms with Crippen LogP contribution in [0.15, 0.2) is 6.07 Å². The summed E-state index contributed by atoms with van der Waals surface area (Å²) in [7, 11) is 1.78. The van der Waals surface area contributed by atoms with Crippen LogP contribution < -0.4 is 16.0 Å². The maximum absolute atomic E-state index is 11.3. The summed E-state index contributed by atoms with van der Waals surface area (Å²) in [4.78, 5) is 24.2. The average molecular weight is 293 g/mol. The molecule has 3 N–H and O–H groups in total. The van der Waals surface area contributed by atoms with E-state index in [-0.39, 0.29) is 18.5 Å². The number of nitrogens with one attached hydrogen (secondary N) is 1. The quantitative estimate of drug-likeness (QED) is 0.877. The van der Waals surface area contributed by atoms with E-state index in [0.29, 0.717) is 5.95 Å². The third kappa shape index (κ3) is 2.82. The fourth-order valence-corrected chi connectivity index (χ4v) is 2.90. The fraction of sp³-hybridized carbons (Fsp3) is 0.462. The summed E-state index contributed by atoms with van der Waals surface area (Å²) in [6.07, 6.45) is 0. The number of carbonyl (C=O) groups excluding carboxylic acids is 1. The van der Waals surface area contributed by atoms with Crippen LogP contribution in [-0.2, 0) is 4.79 Å². The Bertz CT molecular complexity index is 637. The molecule has 0 aliphatic carbocycles. The molecular weight excluding hydrogens is 274 g/mol. The van der Waals surface area contributed by atoms with E-state index in [1.54, 1.807) is 18.4 Å². The Labute approximate surface area is 122 Å². The number of aromatic nitrogens is 2. The van der Waals surface area contributed by atoms with E-state index < -0.39 is 0 Å². The number of amides is 1. The summed E-state index contributed by atoms with van der Waals surface area (Å²) < 4.78 is 0. The van der Waals surface area contributed by atoms with Crippen LogP contribution in [0.25, 0.3) is 10.2 Å². The van der Waals surface area contributed by atoms with Gasteiger partial charge in [-0.25, -0.2) is 4.98 Å². The van der Waals surface area contributed by atoms with Gasteiger partial charge in [-0.15, -0.1) is 11.3 Å². The second-order valence-corrected chi connectivity index (χ2v) is 6.12. The highest BCUT2D eigenvalue weighted by Gasteiger charge is 2.20. The van der Waals surface area contributed by atoms with Crippen LogP contribution in [-0.4, -0.2) is 35.5 Å². The molecule has 2 aromatic heterocycles. The van der Waals surface area contributed by atoms with Crippen molar-refractivity contribution in [1.82, 2.24) is 9.97 Å². The summed E-state index contributed by atoms with van der Waals surface area (Å²) in [5, 5.41) is 3.92. The molecule has 6 nitrogen and oxygen atoms in total. The van der Waals surface area contributed by atoms with Gasteiger partial charge in [-0.3, -0.25) is 4.79 Å². The lowest BCUT2D eigenvalue weighted by molar-refractivity contribution is -0.116. The fourth-order valence-electron chi connectivity index (χ4n) is 2.03. The Morgan fingerprint density at radius 1 is 1.50 bits per heavy atom. The molecule has 2 heterocycles. The Balaban J connectivity index is 2.62. The molecule has 1 amide bonds. The lowest BCUT2D eigenvalue weighted by atomic mass is 10.2. The number of thiophene rings is 1. The second kappa shape index (κ2) is 5.62. The van der Waals surface area contributed by atoms with Gasteiger partial charge in [0.25, 0.3) is 0 Å². The largest absolute Gasteiger partial charge is 0.368 e. The van der Waals surface area contributed by atoms with Crippen LogP contribution in [0.5, 0.6) is 0 Å². The predicted molar refractivity (Wildman–Crippen MR) is 83.4 cm³/mol. The van der Waals surface area contributed by atoms with Gasteiger partial charge < -0.3 is 16.0 Å². The maximum Gasteiger partial charge on any atom is 0.237 e. The van der Waals surface area contributed by atoms with Crippen molar-refractivity contribution in [3.8, 4) is 0 Å². The van der Waals surface area contributed by atoms with Crippen molar-refractivity contribution in [1.29, 1.82) is 0 Å². The van der Waals surface area contributed by atoms with Gasteiger partial charge in [-0.2, -0.15) is 4.98 Å². The minimum absolute atomic E-state index is 0.116. The lowest BCUT2D eigenvalue weighted by Gasteiger charge is -2.27. The number of primary amides is 1. The highest BCUT2D eigenvalue weighted by molar-refractivity contribution is 7.18. The van der Waals surface area contributed by atoms with Crippen molar-refractivity contribution < 1.29 is 4.79 Å². The molecule has 0 atom stereocenters. The van der Waals surface area contributed by atoms with E-state index in [1.165, 1.54) is 0 Å². The number of anilines is 2. The number of rotatable bonds is 5. The van der Waals surface area contributed by atoms with Crippen molar-refractivity contribution in [3.63, 3.8) is 0 Å². The van der Waals surface area contributed by atoms with E-state index in [0.717, 1.165) is 20.9 Å². The molecular formula is C13H19N5OS. The van der Waals surface area contributed by atoms with Crippen molar-refractivity contribution in [2.45, 2.75) is 26.8 Å². The third-order valence-electron chi connectivity index (χ3n) is 2.94. The van der Waals surface area contributed by atoms with Crippen LogP contribution in [0.3, 0.4) is 0 Å². The Kier molecular flexibility index (Phi) is 4.08. The predicted octanol–water partition coefficient (Wildman–Crippen LogP) is 1.74. The summed E-state index contributed by atoms with van der Waals surface area (Å²) in [6, 6.07) is 2.16. The molecule has 0 aliphatic rings. The van der Waals surface area contributed by atoms with Gasteiger partial charge in [-0.1, -0.05) is 0 Å². The first-order valence-corrected chi connectivity index (χ1v) is 7.25. The van der Waals surface area contributed by atoms with E-state index in [2.05, 4.69) is 15.3 Å². The first-order valence-electron chi connectivity index (χ1n) is 6.43. The van der Waals surface area contributed by atoms with Crippen LogP contribution in [0.4, 0.5) is 11.8 Å². The zero-order chi connectivity index (χ0) is 14.9. The summed E-state index contributed by atoms with van der Waals surface area (Å²) in [6.45, 7) is 6.19. The van der Waals surface area contributed by atoms with Crippen molar-refractivity contribution >= 4 is 39.2 Å². The normalized spacial score (nSPS) is 11.1.